The molecule has 0 aliphatic rings. The van der Waals surface area contributed by atoms with Gasteiger partial charge in [0, 0.05) is 12.4 Å². The van der Waals surface area contributed by atoms with Crippen LogP contribution in [0.5, 0.6) is 0 Å². The molecule has 0 atom stereocenters. The third-order valence-corrected chi connectivity index (χ3v) is 4.36. The molecule has 1 N–H and O–H groups in total. The standard InChI is InChI=1S/C13H21ClN2O2S/c1-16(2)11-3-10-15-19(17,18)13-6-4-12(5-7-13)8-9-14/h4-7,15H,3,8-11H2,1-2H3. The van der Waals surface area contributed by atoms with Crippen LogP contribution in [0, 0.1) is 0 Å². The molecule has 0 unspecified atom stereocenters. The second-order valence-electron chi connectivity index (χ2n) is 4.64. The summed E-state index contributed by atoms with van der Waals surface area (Å²) in [5.74, 6) is 0.537. The SMILES string of the molecule is CN(C)CCCNS(=O)(=O)c1ccc(CCCl)cc1. The van der Waals surface area contributed by atoms with Crippen LogP contribution < -0.4 is 4.72 Å². The van der Waals surface area contributed by atoms with E-state index in [2.05, 4.69) is 4.72 Å². The van der Waals surface area contributed by atoms with E-state index in [1.165, 1.54) is 0 Å². The highest BCUT2D eigenvalue weighted by atomic mass is 35.5. The topological polar surface area (TPSA) is 49.4 Å². The highest BCUT2D eigenvalue weighted by Crippen LogP contribution is 2.11. The molecule has 4 nitrogen and oxygen atoms in total. The lowest BCUT2D eigenvalue weighted by atomic mass is 10.2. The van der Waals surface area contributed by atoms with Gasteiger partial charge < -0.3 is 4.90 Å². The lowest BCUT2D eigenvalue weighted by Crippen LogP contribution is -2.27. The number of benzene rings is 1. The average Bonchev–Trinajstić information content (AvgIpc) is 2.36. The van der Waals surface area contributed by atoms with E-state index >= 15 is 0 Å². The first-order valence-corrected chi connectivity index (χ1v) is 8.27. The summed E-state index contributed by atoms with van der Waals surface area (Å²) in [6.07, 6.45) is 1.54. The third kappa shape index (κ3) is 5.91. The summed E-state index contributed by atoms with van der Waals surface area (Å²) in [6.45, 7) is 1.31. The number of hydrogen-bond donors (Lipinski definition) is 1. The molecule has 0 heterocycles. The van der Waals surface area contributed by atoms with Gasteiger partial charge in [-0.3, -0.25) is 0 Å². The Balaban J connectivity index is 2.56. The fourth-order valence-electron chi connectivity index (χ4n) is 1.63. The summed E-state index contributed by atoms with van der Waals surface area (Å²) in [7, 11) is 0.533. The Bertz CT molecular complexity index is 472. The number of alkyl halides is 1. The Kier molecular flexibility index (Phi) is 6.79. The smallest absolute Gasteiger partial charge is 0.240 e. The van der Waals surface area contributed by atoms with Crippen LogP contribution >= 0.6 is 11.6 Å². The summed E-state index contributed by atoms with van der Waals surface area (Å²) in [5, 5.41) is 0. The van der Waals surface area contributed by atoms with Crippen LogP contribution in [0.15, 0.2) is 29.2 Å². The van der Waals surface area contributed by atoms with Gasteiger partial charge >= 0.3 is 0 Å². The minimum Gasteiger partial charge on any atom is -0.309 e. The summed E-state index contributed by atoms with van der Waals surface area (Å²) < 4.78 is 26.6. The van der Waals surface area contributed by atoms with Crippen molar-refractivity contribution in [2.75, 3.05) is 33.1 Å². The minimum absolute atomic E-state index is 0.302. The Morgan fingerprint density at radius 3 is 2.37 bits per heavy atom. The zero-order valence-corrected chi connectivity index (χ0v) is 13.0. The normalized spacial score (nSPS) is 12.0. The van der Waals surface area contributed by atoms with E-state index in [0.29, 0.717) is 17.3 Å². The molecule has 1 aromatic rings. The molecular formula is C13H21ClN2O2S. The Morgan fingerprint density at radius 2 is 1.84 bits per heavy atom. The van der Waals surface area contributed by atoms with Gasteiger partial charge in [-0.05, 0) is 51.2 Å². The molecule has 0 bridgehead atoms. The second-order valence-corrected chi connectivity index (χ2v) is 6.78. The second kappa shape index (κ2) is 7.85. The van der Waals surface area contributed by atoms with Crippen LogP contribution in [-0.4, -0.2) is 46.4 Å². The molecule has 0 spiro atoms. The van der Waals surface area contributed by atoms with Crippen molar-refractivity contribution in [1.82, 2.24) is 9.62 Å². The van der Waals surface area contributed by atoms with E-state index < -0.39 is 10.0 Å². The van der Waals surface area contributed by atoms with Crippen LogP contribution in [0.25, 0.3) is 0 Å². The highest BCUT2D eigenvalue weighted by molar-refractivity contribution is 7.89. The molecule has 0 saturated heterocycles. The molecule has 1 aromatic carbocycles. The number of halogens is 1. The minimum atomic E-state index is -3.39. The van der Waals surface area contributed by atoms with Crippen LogP contribution in [0.1, 0.15) is 12.0 Å². The molecule has 0 aromatic heterocycles. The van der Waals surface area contributed by atoms with Gasteiger partial charge in [0.2, 0.25) is 10.0 Å². The summed E-state index contributed by atoms with van der Waals surface area (Å²) in [5.41, 5.74) is 1.04. The maximum absolute atomic E-state index is 12.0. The first-order chi connectivity index (χ1) is 8.95. The number of rotatable bonds is 8. The Morgan fingerprint density at radius 1 is 1.21 bits per heavy atom. The fraction of sp³-hybridized carbons (Fsp3) is 0.538. The molecule has 108 valence electrons. The van der Waals surface area contributed by atoms with Gasteiger partial charge in [-0.1, -0.05) is 12.1 Å². The maximum Gasteiger partial charge on any atom is 0.240 e. The van der Waals surface area contributed by atoms with E-state index in [9.17, 15) is 8.42 Å². The largest absolute Gasteiger partial charge is 0.309 e. The molecule has 0 radical (unpaired) electrons. The molecular weight excluding hydrogens is 284 g/mol. The van der Waals surface area contributed by atoms with Crippen molar-refractivity contribution >= 4 is 21.6 Å². The predicted molar refractivity (Wildman–Crippen MR) is 79.2 cm³/mol. The average molecular weight is 305 g/mol. The van der Waals surface area contributed by atoms with Crippen molar-refractivity contribution in [2.45, 2.75) is 17.7 Å². The molecule has 0 fully saturated rings. The zero-order valence-electron chi connectivity index (χ0n) is 11.4. The third-order valence-electron chi connectivity index (χ3n) is 2.69. The van der Waals surface area contributed by atoms with Gasteiger partial charge in [0.15, 0.2) is 0 Å². The molecule has 19 heavy (non-hydrogen) atoms. The van der Waals surface area contributed by atoms with Crippen molar-refractivity contribution in [3.05, 3.63) is 29.8 Å². The lowest BCUT2D eigenvalue weighted by molar-refractivity contribution is 0.400. The van der Waals surface area contributed by atoms with Crippen molar-refractivity contribution in [3.63, 3.8) is 0 Å². The van der Waals surface area contributed by atoms with E-state index in [-0.39, 0.29) is 0 Å². The van der Waals surface area contributed by atoms with Gasteiger partial charge in [-0.2, -0.15) is 0 Å². The van der Waals surface area contributed by atoms with Crippen molar-refractivity contribution in [1.29, 1.82) is 0 Å². The van der Waals surface area contributed by atoms with Gasteiger partial charge in [0.05, 0.1) is 4.90 Å². The molecule has 6 heteroatoms. The van der Waals surface area contributed by atoms with E-state index in [1.807, 2.05) is 19.0 Å². The first-order valence-electron chi connectivity index (χ1n) is 6.25. The molecule has 1 rings (SSSR count). The van der Waals surface area contributed by atoms with Crippen LogP contribution in [-0.2, 0) is 16.4 Å². The summed E-state index contributed by atoms with van der Waals surface area (Å²) in [4.78, 5) is 2.32. The lowest BCUT2D eigenvalue weighted by Gasteiger charge is -2.10. The van der Waals surface area contributed by atoms with Crippen molar-refractivity contribution < 1.29 is 8.42 Å². The van der Waals surface area contributed by atoms with Crippen molar-refractivity contribution in [2.24, 2.45) is 0 Å². The fourth-order valence-corrected chi connectivity index (χ4v) is 2.92. The molecule has 0 amide bonds. The van der Waals surface area contributed by atoms with Crippen molar-refractivity contribution in [3.8, 4) is 0 Å². The number of sulfonamides is 1. The van der Waals surface area contributed by atoms with Crippen LogP contribution in [0.3, 0.4) is 0 Å². The Hall–Kier alpha value is -0.620. The number of nitrogens with one attached hydrogen (secondary N) is 1. The highest BCUT2D eigenvalue weighted by Gasteiger charge is 2.12. The molecule has 0 saturated carbocycles. The predicted octanol–water partition coefficient (Wildman–Crippen LogP) is 1.70. The zero-order chi connectivity index (χ0) is 14.3. The molecule has 0 aliphatic heterocycles. The first kappa shape index (κ1) is 16.4. The van der Waals surface area contributed by atoms with E-state index in [1.54, 1.807) is 24.3 Å². The van der Waals surface area contributed by atoms with Gasteiger partial charge in [-0.15, -0.1) is 11.6 Å². The number of aryl methyl sites for hydroxylation is 1. The van der Waals surface area contributed by atoms with E-state index in [4.69, 9.17) is 11.6 Å². The number of hydrogen-bond acceptors (Lipinski definition) is 3. The summed E-state index contributed by atoms with van der Waals surface area (Å²) in [6, 6.07) is 6.85. The summed E-state index contributed by atoms with van der Waals surface area (Å²) >= 11 is 5.64. The van der Waals surface area contributed by atoms with Gasteiger partial charge in [0.25, 0.3) is 0 Å². The van der Waals surface area contributed by atoms with E-state index in [0.717, 1.165) is 24.9 Å². The van der Waals surface area contributed by atoms with Crippen LogP contribution in [0.2, 0.25) is 0 Å². The van der Waals surface area contributed by atoms with Gasteiger partial charge in [-0.25, -0.2) is 13.1 Å². The number of nitrogens with zero attached hydrogens (tertiary/aromatic N) is 1. The van der Waals surface area contributed by atoms with Crippen LogP contribution in [0.4, 0.5) is 0 Å². The monoisotopic (exact) mass is 304 g/mol. The maximum atomic E-state index is 12.0. The van der Waals surface area contributed by atoms with Gasteiger partial charge in [0.1, 0.15) is 0 Å². The quantitative estimate of drug-likeness (QED) is 0.587. The Labute approximate surface area is 120 Å². The molecule has 0 aliphatic carbocycles.